The summed E-state index contributed by atoms with van der Waals surface area (Å²) in [5.74, 6) is 0.0914. The fraction of sp³-hybridized carbons (Fsp3) is 0.188. The van der Waals surface area contributed by atoms with Crippen LogP contribution in [0, 0.1) is 0 Å². The van der Waals surface area contributed by atoms with Gasteiger partial charge < -0.3 is 19.3 Å². The Hall–Kier alpha value is -4.78. The van der Waals surface area contributed by atoms with E-state index in [-0.39, 0.29) is 25.5 Å². The summed E-state index contributed by atoms with van der Waals surface area (Å²) in [4.78, 5) is 26.3. The minimum Gasteiger partial charge on any atom is -0.497 e. The van der Waals surface area contributed by atoms with Gasteiger partial charge in [0, 0.05) is 12.0 Å². The van der Waals surface area contributed by atoms with E-state index in [0.29, 0.717) is 22.7 Å². The fourth-order valence-electron chi connectivity index (χ4n) is 5.05. The molecule has 0 aliphatic heterocycles. The zero-order valence-electron chi connectivity index (χ0n) is 21.8. The molecule has 0 saturated heterocycles. The highest BCUT2D eigenvalue weighted by Gasteiger charge is 2.30. The fourth-order valence-corrected chi connectivity index (χ4v) is 5.05. The lowest BCUT2D eigenvalue weighted by atomic mass is 9.98. The van der Waals surface area contributed by atoms with Crippen LogP contribution in [0.3, 0.4) is 0 Å². The number of carboxylic acids is 1. The van der Waals surface area contributed by atoms with Gasteiger partial charge in [0.05, 0.1) is 32.9 Å². The van der Waals surface area contributed by atoms with E-state index in [9.17, 15) is 9.59 Å². The first-order valence-corrected chi connectivity index (χ1v) is 12.6. The third kappa shape index (κ3) is 5.43. The van der Waals surface area contributed by atoms with Crippen molar-refractivity contribution in [3.8, 4) is 22.6 Å². The summed E-state index contributed by atoms with van der Waals surface area (Å²) < 4.78 is 16.9. The van der Waals surface area contributed by atoms with Crippen LogP contribution in [0.1, 0.15) is 28.2 Å². The van der Waals surface area contributed by atoms with Crippen molar-refractivity contribution in [1.29, 1.82) is 0 Å². The van der Waals surface area contributed by atoms with E-state index >= 15 is 0 Å². The van der Waals surface area contributed by atoms with Crippen molar-refractivity contribution in [1.82, 2.24) is 0 Å². The molecule has 0 unspecified atom stereocenters. The first-order valence-electron chi connectivity index (χ1n) is 12.6. The molecular weight excluding hydrogens is 494 g/mol. The molecule has 0 spiro atoms. The van der Waals surface area contributed by atoms with Gasteiger partial charge in [0.25, 0.3) is 0 Å². The Kier molecular flexibility index (Phi) is 7.50. The lowest BCUT2D eigenvalue weighted by molar-refractivity contribution is -0.136. The second-order valence-corrected chi connectivity index (χ2v) is 9.31. The van der Waals surface area contributed by atoms with Gasteiger partial charge in [-0.3, -0.25) is 9.69 Å². The number of benzene rings is 4. The molecule has 39 heavy (non-hydrogen) atoms. The Morgan fingerprint density at radius 1 is 0.795 bits per heavy atom. The van der Waals surface area contributed by atoms with Crippen LogP contribution in [0.4, 0.5) is 10.5 Å². The summed E-state index contributed by atoms with van der Waals surface area (Å²) in [6, 6.07) is 28.8. The molecular formula is C32H29NO6. The molecule has 7 heteroatoms. The van der Waals surface area contributed by atoms with E-state index in [1.165, 1.54) is 12.0 Å². The van der Waals surface area contributed by atoms with Gasteiger partial charge >= 0.3 is 12.1 Å². The van der Waals surface area contributed by atoms with Crippen molar-refractivity contribution in [3.63, 3.8) is 0 Å². The van der Waals surface area contributed by atoms with Gasteiger partial charge in [0.1, 0.15) is 18.1 Å². The number of methoxy groups -OCH3 is 2. The molecule has 1 amide bonds. The number of hydrogen-bond acceptors (Lipinski definition) is 5. The van der Waals surface area contributed by atoms with Gasteiger partial charge in [-0.2, -0.15) is 0 Å². The van der Waals surface area contributed by atoms with Crippen molar-refractivity contribution in [2.75, 3.05) is 25.7 Å². The molecule has 0 heterocycles. The molecule has 0 radical (unpaired) electrons. The Morgan fingerprint density at radius 2 is 1.41 bits per heavy atom. The monoisotopic (exact) mass is 523 g/mol. The molecule has 4 aromatic carbocycles. The molecule has 7 nitrogen and oxygen atoms in total. The molecule has 0 aromatic heterocycles. The number of hydrogen-bond donors (Lipinski definition) is 1. The number of anilines is 1. The normalized spacial score (nSPS) is 11.8. The smallest absolute Gasteiger partial charge is 0.414 e. The maximum absolute atomic E-state index is 13.7. The van der Waals surface area contributed by atoms with E-state index in [1.54, 1.807) is 37.4 Å². The molecule has 5 rings (SSSR count). The standard InChI is InChI=1S/C32H29NO6/c1-37-23-15-16-29(30(18-23)38-2)33(19-22-13-11-21(12-14-22)17-31(34)35)32(36)39-20-28-26-9-5-3-7-24(26)25-8-4-6-10-27(25)28/h3-16,18,28H,17,19-20H2,1-2H3,(H,34,35). The number of ether oxygens (including phenoxy) is 3. The molecule has 0 saturated carbocycles. The Balaban J connectivity index is 1.43. The zero-order valence-corrected chi connectivity index (χ0v) is 21.8. The van der Waals surface area contributed by atoms with Gasteiger partial charge in [-0.1, -0.05) is 72.8 Å². The third-order valence-corrected chi connectivity index (χ3v) is 6.95. The molecule has 1 N–H and O–H groups in total. The van der Waals surface area contributed by atoms with Gasteiger partial charge in [0.15, 0.2) is 0 Å². The molecule has 198 valence electrons. The highest BCUT2D eigenvalue weighted by atomic mass is 16.6. The number of carboxylic acid groups (broad SMARTS) is 1. The van der Waals surface area contributed by atoms with Crippen LogP contribution in [0.2, 0.25) is 0 Å². The van der Waals surface area contributed by atoms with E-state index in [1.807, 2.05) is 36.4 Å². The molecule has 1 aliphatic rings. The topological polar surface area (TPSA) is 85.3 Å². The molecule has 0 atom stereocenters. The van der Waals surface area contributed by atoms with Crippen LogP contribution in [0.15, 0.2) is 91.0 Å². The van der Waals surface area contributed by atoms with Crippen LogP contribution in [-0.2, 0) is 22.5 Å². The molecule has 1 aliphatic carbocycles. The summed E-state index contributed by atoms with van der Waals surface area (Å²) in [6.07, 6.45) is -0.585. The maximum Gasteiger partial charge on any atom is 0.414 e. The van der Waals surface area contributed by atoms with Gasteiger partial charge in [-0.25, -0.2) is 4.79 Å². The van der Waals surface area contributed by atoms with Crippen LogP contribution in [0.5, 0.6) is 11.5 Å². The van der Waals surface area contributed by atoms with Crippen LogP contribution >= 0.6 is 0 Å². The van der Waals surface area contributed by atoms with Crippen molar-refractivity contribution in [2.45, 2.75) is 18.9 Å². The summed E-state index contributed by atoms with van der Waals surface area (Å²) in [5, 5.41) is 9.08. The Morgan fingerprint density at radius 3 is 2.00 bits per heavy atom. The predicted octanol–water partition coefficient (Wildman–Crippen LogP) is 6.29. The first-order chi connectivity index (χ1) is 19.0. The van der Waals surface area contributed by atoms with Crippen molar-refractivity contribution in [3.05, 3.63) is 113 Å². The average molecular weight is 524 g/mol. The number of carbonyl (C=O) groups excluding carboxylic acids is 1. The second-order valence-electron chi connectivity index (χ2n) is 9.31. The minimum absolute atomic E-state index is 0.0668. The van der Waals surface area contributed by atoms with Gasteiger partial charge in [-0.15, -0.1) is 0 Å². The van der Waals surface area contributed by atoms with Crippen molar-refractivity contribution < 1.29 is 28.9 Å². The quantitative estimate of drug-likeness (QED) is 0.278. The van der Waals surface area contributed by atoms with E-state index in [4.69, 9.17) is 19.3 Å². The number of fused-ring (bicyclic) bond motifs is 3. The van der Waals surface area contributed by atoms with Crippen LogP contribution in [-0.4, -0.2) is 38.0 Å². The van der Waals surface area contributed by atoms with E-state index in [2.05, 4.69) is 24.3 Å². The van der Waals surface area contributed by atoms with Crippen LogP contribution < -0.4 is 14.4 Å². The van der Waals surface area contributed by atoms with E-state index in [0.717, 1.165) is 27.8 Å². The van der Waals surface area contributed by atoms with Crippen LogP contribution in [0.25, 0.3) is 11.1 Å². The zero-order chi connectivity index (χ0) is 27.4. The van der Waals surface area contributed by atoms with Crippen molar-refractivity contribution in [2.24, 2.45) is 0 Å². The highest BCUT2D eigenvalue weighted by Crippen LogP contribution is 2.44. The number of aliphatic carboxylic acids is 1. The maximum atomic E-state index is 13.7. The molecule has 4 aromatic rings. The number of nitrogens with zero attached hydrogens (tertiary/aromatic N) is 1. The highest BCUT2D eigenvalue weighted by molar-refractivity contribution is 5.90. The molecule has 0 bridgehead atoms. The molecule has 0 fully saturated rings. The summed E-state index contributed by atoms with van der Waals surface area (Å²) >= 11 is 0. The Bertz CT molecular complexity index is 1450. The van der Waals surface area contributed by atoms with Gasteiger partial charge in [0.2, 0.25) is 0 Å². The first kappa shape index (κ1) is 25.9. The lowest BCUT2D eigenvalue weighted by Gasteiger charge is -2.25. The Labute approximate surface area is 227 Å². The van der Waals surface area contributed by atoms with E-state index < -0.39 is 12.1 Å². The number of rotatable bonds is 9. The summed E-state index contributed by atoms with van der Waals surface area (Å²) in [7, 11) is 3.10. The SMILES string of the molecule is COc1ccc(N(Cc2ccc(CC(=O)O)cc2)C(=O)OCC2c3ccccc3-c3ccccc32)c(OC)c1. The minimum atomic E-state index is -0.897. The summed E-state index contributed by atoms with van der Waals surface area (Å²) in [5.41, 5.74) is 6.61. The second kappa shape index (κ2) is 11.3. The largest absolute Gasteiger partial charge is 0.497 e. The lowest BCUT2D eigenvalue weighted by Crippen LogP contribution is -2.32. The summed E-state index contributed by atoms with van der Waals surface area (Å²) in [6.45, 7) is 0.381. The average Bonchev–Trinajstić information content (AvgIpc) is 3.28. The third-order valence-electron chi connectivity index (χ3n) is 6.95. The van der Waals surface area contributed by atoms with Gasteiger partial charge in [-0.05, 0) is 45.5 Å². The van der Waals surface area contributed by atoms with Crippen molar-refractivity contribution >= 4 is 17.7 Å². The number of amides is 1. The number of carbonyl (C=O) groups is 2. The predicted molar refractivity (Wildman–Crippen MR) is 149 cm³/mol.